The molecule has 2 aromatic rings. The molecule has 0 atom stereocenters. The molecule has 0 heterocycles. The fourth-order valence-corrected chi connectivity index (χ4v) is 3.26. The lowest BCUT2D eigenvalue weighted by atomic mass is 10.0. The van der Waals surface area contributed by atoms with E-state index in [2.05, 4.69) is 5.32 Å². The van der Waals surface area contributed by atoms with E-state index < -0.39 is 35.6 Å². The average Bonchev–Trinajstić information content (AvgIpc) is 3.18. The van der Waals surface area contributed by atoms with Crippen molar-refractivity contribution in [3.05, 3.63) is 73.8 Å². The minimum atomic E-state index is -0.795. The summed E-state index contributed by atoms with van der Waals surface area (Å²) < 4.78 is 4.91. The predicted octanol–water partition coefficient (Wildman–Crippen LogP) is 2.89. The van der Waals surface area contributed by atoms with Crippen molar-refractivity contribution in [3.8, 4) is 0 Å². The fourth-order valence-electron chi connectivity index (χ4n) is 3.07. The highest BCUT2D eigenvalue weighted by atomic mass is 35.5. The molecule has 0 aromatic heterocycles. The number of Topliss-reactive ketones (excluding diaryl/α,β-unsaturated/α-hetero) is 1. The second kappa shape index (κ2) is 8.83. The summed E-state index contributed by atoms with van der Waals surface area (Å²) in [5.41, 5.74) is 2.43. The second-order valence-electron chi connectivity index (χ2n) is 6.53. The molecule has 1 N–H and O–H groups in total. The number of nitrogens with one attached hydrogen (secondary N) is 1. The molecule has 0 unspecified atom stereocenters. The second-order valence-corrected chi connectivity index (χ2v) is 6.93. The molecule has 29 heavy (non-hydrogen) atoms. The zero-order valence-electron chi connectivity index (χ0n) is 15.3. The van der Waals surface area contributed by atoms with E-state index in [4.69, 9.17) is 16.3 Å². The summed E-state index contributed by atoms with van der Waals surface area (Å²) in [5.74, 6) is -1.82. The SMILES string of the molecule is O=C(CNC(=O)c1ccc(Cl)c([N+](=O)[O-])c1)OCC(=O)c1ccc2c(c1)CCC2. The van der Waals surface area contributed by atoms with Gasteiger partial charge >= 0.3 is 5.97 Å². The number of amides is 1. The van der Waals surface area contributed by atoms with Gasteiger partial charge in [-0.25, -0.2) is 0 Å². The van der Waals surface area contributed by atoms with Crippen LogP contribution in [0.2, 0.25) is 5.02 Å². The zero-order valence-corrected chi connectivity index (χ0v) is 16.0. The van der Waals surface area contributed by atoms with Crippen molar-refractivity contribution >= 4 is 34.9 Å². The third-order valence-corrected chi connectivity index (χ3v) is 4.90. The number of nitro groups is 1. The van der Waals surface area contributed by atoms with Crippen LogP contribution in [0.25, 0.3) is 0 Å². The first-order valence-corrected chi connectivity index (χ1v) is 9.25. The van der Waals surface area contributed by atoms with Gasteiger partial charge in [-0.2, -0.15) is 0 Å². The van der Waals surface area contributed by atoms with Crippen LogP contribution in [0.1, 0.15) is 38.3 Å². The molecular weight excluding hydrogens is 400 g/mol. The number of carbonyl (C=O) groups is 3. The largest absolute Gasteiger partial charge is 0.456 e. The van der Waals surface area contributed by atoms with Gasteiger partial charge in [0.05, 0.1) is 4.92 Å². The molecule has 0 saturated heterocycles. The maximum Gasteiger partial charge on any atom is 0.325 e. The number of benzene rings is 2. The van der Waals surface area contributed by atoms with Gasteiger partial charge in [0.2, 0.25) is 0 Å². The van der Waals surface area contributed by atoms with Crippen molar-refractivity contribution in [2.75, 3.05) is 13.2 Å². The number of esters is 1. The molecule has 0 bridgehead atoms. The summed E-state index contributed by atoms with van der Waals surface area (Å²) in [6.07, 6.45) is 3.01. The van der Waals surface area contributed by atoms with Gasteiger partial charge in [-0.1, -0.05) is 23.7 Å². The molecule has 0 spiro atoms. The van der Waals surface area contributed by atoms with E-state index in [0.29, 0.717) is 5.56 Å². The van der Waals surface area contributed by atoms with Gasteiger partial charge in [-0.05, 0) is 48.6 Å². The van der Waals surface area contributed by atoms with Gasteiger partial charge in [0.25, 0.3) is 11.6 Å². The Morgan fingerprint density at radius 2 is 1.79 bits per heavy atom. The summed E-state index contributed by atoms with van der Waals surface area (Å²) in [6, 6.07) is 9.00. The van der Waals surface area contributed by atoms with Crippen molar-refractivity contribution in [2.24, 2.45) is 0 Å². The number of nitro benzene ring substituents is 1. The van der Waals surface area contributed by atoms with Crippen molar-refractivity contribution in [1.29, 1.82) is 0 Å². The molecule has 0 aliphatic heterocycles. The van der Waals surface area contributed by atoms with Crippen molar-refractivity contribution in [1.82, 2.24) is 5.32 Å². The molecule has 1 aliphatic carbocycles. The summed E-state index contributed by atoms with van der Waals surface area (Å²) in [6.45, 7) is -0.910. The van der Waals surface area contributed by atoms with Crippen molar-refractivity contribution in [2.45, 2.75) is 19.3 Å². The minimum absolute atomic E-state index is 0.0249. The smallest absolute Gasteiger partial charge is 0.325 e. The van der Waals surface area contributed by atoms with Gasteiger partial charge in [-0.3, -0.25) is 24.5 Å². The highest BCUT2D eigenvalue weighted by molar-refractivity contribution is 6.32. The van der Waals surface area contributed by atoms with E-state index in [1.54, 1.807) is 6.07 Å². The number of fused-ring (bicyclic) bond motifs is 1. The number of hydrogen-bond acceptors (Lipinski definition) is 6. The Kier molecular flexibility index (Phi) is 6.23. The molecule has 8 nitrogen and oxygen atoms in total. The average molecular weight is 417 g/mol. The number of nitrogens with zero attached hydrogens (tertiary/aromatic N) is 1. The van der Waals surface area contributed by atoms with Crippen molar-refractivity contribution < 1.29 is 24.0 Å². The first kappa shape index (κ1) is 20.5. The molecule has 150 valence electrons. The third kappa shape index (κ3) is 4.97. The molecule has 0 radical (unpaired) electrons. The lowest BCUT2D eigenvalue weighted by molar-refractivity contribution is -0.384. The Morgan fingerprint density at radius 3 is 2.55 bits per heavy atom. The Labute approximate surface area is 171 Å². The topological polar surface area (TPSA) is 116 Å². The van der Waals surface area contributed by atoms with Crippen LogP contribution in [0.5, 0.6) is 0 Å². The van der Waals surface area contributed by atoms with Crippen LogP contribution in [-0.2, 0) is 22.4 Å². The monoisotopic (exact) mass is 416 g/mol. The van der Waals surface area contributed by atoms with Gasteiger partial charge in [-0.15, -0.1) is 0 Å². The summed E-state index contributed by atoms with van der Waals surface area (Å²) >= 11 is 5.70. The number of hydrogen-bond donors (Lipinski definition) is 1. The predicted molar refractivity (Wildman–Crippen MR) is 104 cm³/mol. The number of carbonyl (C=O) groups excluding carboxylic acids is 3. The number of rotatable bonds is 7. The van der Waals surface area contributed by atoms with Gasteiger partial charge in [0.15, 0.2) is 12.4 Å². The Bertz CT molecular complexity index is 1000. The normalized spacial score (nSPS) is 12.2. The maximum atomic E-state index is 12.2. The van der Waals surface area contributed by atoms with Crippen LogP contribution in [0.3, 0.4) is 0 Å². The van der Waals surface area contributed by atoms with Gasteiger partial charge in [0.1, 0.15) is 11.6 Å². The molecular formula is C20H17ClN2O6. The zero-order chi connectivity index (χ0) is 21.0. The van der Waals surface area contributed by atoms with Gasteiger partial charge < -0.3 is 10.1 Å². The Hall–Kier alpha value is -3.26. The highest BCUT2D eigenvalue weighted by Gasteiger charge is 2.18. The Morgan fingerprint density at radius 1 is 1.07 bits per heavy atom. The maximum absolute atomic E-state index is 12.2. The number of ether oxygens (including phenoxy) is 1. The van der Waals surface area contributed by atoms with Gasteiger partial charge in [0, 0.05) is 17.2 Å². The van der Waals surface area contributed by atoms with Crippen LogP contribution in [0.4, 0.5) is 5.69 Å². The van der Waals surface area contributed by atoms with E-state index in [-0.39, 0.29) is 16.4 Å². The van der Waals surface area contributed by atoms with E-state index in [1.807, 2.05) is 12.1 Å². The third-order valence-electron chi connectivity index (χ3n) is 4.58. The minimum Gasteiger partial charge on any atom is -0.456 e. The quantitative estimate of drug-likeness (QED) is 0.321. The number of ketones is 1. The molecule has 1 aliphatic rings. The van der Waals surface area contributed by atoms with Crippen LogP contribution in [0, 0.1) is 10.1 Å². The van der Waals surface area contributed by atoms with Crippen LogP contribution in [0.15, 0.2) is 36.4 Å². The van der Waals surface area contributed by atoms with Crippen LogP contribution >= 0.6 is 11.6 Å². The molecule has 0 fully saturated rings. The van der Waals surface area contributed by atoms with Crippen molar-refractivity contribution in [3.63, 3.8) is 0 Å². The van der Waals surface area contributed by atoms with E-state index in [9.17, 15) is 24.5 Å². The first-order valence-electron chi connectivity index (χ1n) is 8.88. The van der Waals surface area contributed by atoms with Crippen LogP contribution in [-0.4, -0.2) is 35.7 Å². The molecule has 0 saturated carbocycles. The molecule has 2 aromatic carbocycles. The Balaban J connectivity index is 1.50. The summed E-state index contributed by atoms with van der Waals surface area (Å²) in [5, 5.41) is 13.1. The van der Waals surface area contributed by atoms with E-state index in [1.165, 1.54) is 17.7 Å². The van der Waals surface area contributed by atoms with E-state index in [0.717, 1.165) is 30.9 Å². The lowest BCUT2D eigenvalue weighted by Crippen LogP contribution is -2.31. The molecule has 3 rings (SSSR count). The summed E-state index contributed by atoms with van der Waals surface area (Å²) in [4.78, 5) is 46.2. The standard InChI is InChI=1S/C20H17ClN2O6/c21-16-7-6-15(9-17(16)23(27)28)20(26)22-10-19(25)29-11-18(24)14-5-4-12-2-1-3-13(12)8-14/h4-9H,1-3,10-11H2,(H,22,26). The summed E-state index contributed by atoms with van der Waals surface area (Å²) in [7, 11) is 0. The lowest BCUT2D eigenvalue weighted by Gasteiger charge is -2.07. The number of aryl methyl sites for hydroxylation is 2. The highest BCUT2D eigenvalue weighted by Crippen LogP contribution is 2.25. The van der Waals surface area contributed by atoms with Crippen LogP contribution < -0.4 is 5.32 Å². The molecule has 9 heteroatoms. The first-order chi connectivity index (χ1) is 13.8. The number of halogens is 1. The van der Waals surface area contributed by atoms with E-state index >= 15 is 0 Å². The fraction of sp³-hybridized carbons (Fsp3) is 0.250. The molecule has 1 amide bonds.